The fraction of sp³-hybridized carbons (Fsp3) is 0.143. The summed E-state index contributed by atoms with van der Waals surface area (Å²) in [4.78, 5) is 4.42. The van der Waals surface area contributed by atoms with Gasteiger partial charge in [0.1, 0.15) is 0 Å². The van der Waals surface area contributed by atoms with Crippen LogP contribution in [0, 0.1) is 6.92 Å². The van der Waals surface area contributed by atoms with Crippen molar-refractivity contribution in [3.05, 3.63) is 58.2 Å². The zero-order valence-electron chi connectivity index (χ0n) is 10.5. The molecule has 3 rings (SSSR count). The van der Waals surface area contributed by atoms with E-state index < -0.39 is 0 Å². The third-order valence-electron chi connectivity index (χ3n) is 2.87. The molecule has 0 spiro atoms. The Balaban J connectivity index is 1.80. The van der Waals surface area contributed by atoms with Gasteiger partial charge in [-0.15, -0.1) is 5.10 Å². The van der Waals surface area contributed by atoms with E-state index in [-0.39, 0.29) is 0 Å². The van der Waals surface area contributed by atoms with Crippen LogP contribution in [0.2, 0.25) is 0 Å². The van der Waals surface area contributed by atoms with Crippen molar-refractivity contribution in [1.82, 2.24) is 14.6 Å². The summed E-state index contributed by atoms with van der Waals surface area (Å²) >= 11 is 3.53. The van der Waals surface area contributed by atoms with Gasteiger partial charge in [0.25, 0.3) is 0 Å². The molecule has 0 saturated heterocycles. The lowest BCUT2D eigenvalue weighted by molar-refractivity contribution is 0.942. The normalized spacial score (nSPS) is 10.8. The van der Waals surface area contributed by atoms with Crippen molar-refractivity contribution < 1.29 is 0 Å². The predicted molar refractivity (Wildman–Crippen MR) is 79.2 cm³/mol. The van der Waals surface area contributed by atoms with Gasteiger partial charge in [0.05, 0.1) is 0 Å². The van der Waals surface area contributed by atoms with Crippen LogP contribution >= 0.6 is 15.9 Å². The molecular weight excluding hydrogens is 304 g/mol. The second-order valence-corrected chi connectivity index (χ2v) is 5.24. The van der Waals surface area contributed by atoms with Gasteiger partial charge in [0, 0.05) is 17.2 Å². The van der Waals surface area contributed by atoms with E-state index in [2.05, 4.69) is 37.4 Å². The Kier molecular flexibility index (Phi) is 3.21. The molecule has 0 fully saturated rings. The molecule has 0 aliphatic heterocycles. The molecule has 4 nitrogen and oxygen atoms in total. The van der Waals surface area contributed by atoms with E-state index in [1.165, 1.54) is 5.56 Å². The van der Waals surface area contributed by atoms with E-state index in [1.54, 1.807) is 4.52 Å². The summed E-state index contributed by atoms with van der Waals surface area (Å²) in [5, 5.41) is 7.64. The molecule has 0 bridgehead atoms. The van der Waals surface area contributed by atoms with Crippen molar-refractivity contribution in [3.63, 3.8) is 0 Å². The van der Waals surface area contributed by atoms with Crippen LogP contribution in [0.3, 0.4) is 0 Å². The van der Waals surface area contributed by atoms with E-state index in [0.29, 0.717) is 12.5 Å². The lowest BCUT2D eigenvalue weighted by Gasteiger charge is -2.03. The highest BCUT2D eigenvalue weighted by atomic mass is 79.9. The summed E-state index contributed by atoms with van der Waals surface area (Å²) in [5.41, 5.74) is 3.19. The summed E-state index contributed by atoms with van der Waals surface area (Å²) in [7, 11) is 0. The molecule has 1 aromatic carbocycles. The van der Waals surface area contributed by atoms with Crippen LogP contribution < -0.4 is 5.32 Å². The van der Waals surface area contributed by atoms with Crippen LogP contribution in [0.1, 0.15) is 11.1 Å². The number of halogens is 1. The number of hydrogen-bond acceptors (Lipinski definition) is 3. The molecule has 0 aliphatic carbocycles. The average Bonchev–Trinajstić information content (AvgIpc) is 2.79. The largest absolute Gasteiger partial charge is 0.349 e. The standard InChI is InChI=1S/C14H13BrN4/c1-10-6-7-13-17-14(18-19(13)9-10)16-8-11-4-2-3-5-12(11)15/h2-7,9H,8H2,1H3,(H,16,18). The fourth-order valence-electron chi connectivity index (χ4n) is 1.88. The quantitative estimate of drug-likeness (QED) is 0.805. The first-order chi connectivity index (χ1) is 9.22. The molecule has 96 valence electrons. The first-order valence-electron chi connectivity index (χ1n) is 6.03. The number of benzene rings is 1. The van der Waals surface area contributed by atoms with Gasteiger partial charge in [0.15, 0.2) is 5.65 Å². The monoisotopic (exact) mass is 316 g/mol. The van der Waals surface area contributed by atoms with E-state index >= 15 is 0 Å². The first-order valence-corrected chi connectivity index (χ1v) is 6.82. The highest BCUT2D eigenvalue weighted by molar-refractivity contribution is 9.10. The Labute approximate surface area is 119 Å². The van der Waals surface area contributed by atoms with Gasteiger partial charge in [-0.1, -0.05) is 40.2 Å². The van der Waals surface area contributed by atoms with Gasteiger partial charge in [-0.2, -0.15) is 4.98 Å². The predicted octanol–water partition coefficient (Wildman–Crippen LogP) is 3.41. The Hall–Kier alpha value is -1.88. The molecule has 1 N–H and O–H groups in total. The topological polar surface area (TPSA) is 42.2 Å². The molecule has 0 aliphatic rings. The number of anilines is 1. The summed E-state index contributed by atoms with van der Waals surface area (Å²) in [6.07, 6.45) is 1.96. The van der Waals surface area contributed by atoms with Gasteiger partial charge in [-0.05, 0) is 30.2 Å². The number of aromatic nitrogens is 3. The Morgan fingerprint density at radius 1 is 1.21 bits per heavy atom. The lowest BCUT2D eigenvalue weighted by atomic mass is 10.2. The lowest BCUT2D eigenvalue weighted by Crippen LogP contribution is -2.01. The maximum absolute atomic E-state index is 4.42. The second kappa shape index (κ2) is 5.01. The number of rotatable bonds is 3. The summed E-state index contributed by atoms with van der Waals surface area (Å²) < 4.78 is 2.87. The highest BCUT2D eigenvalue weighted by Gasteiger charge is 2.04. The Morgan fingerprint density at radius 2 is 2.05 bits per heavy atom. The number of hydrogen-bond donors (Lipinski definition) is 1. The molecule has 5 heteroatoms. The summed E-state index contributed by atoms with van der Waals surface area (Å²) in [6, 6.07) is 12.1. The molecule has 0 unspecified atom stereocenters. The Morgan fingerprint density at radius 3 is 2.89 bits per heavy atom. The smallest absolute Gasteiger partial charge is 0.243 e. The number of aryl methyl sites for hydroxylation is 1. The van der Waals surface area contributed by atoms with Crippen molar-refractivity contribution >= 4 is 27.5 Å². The van der Waals surface area contributed by atoms with E-state index in [4.69, 9.17) is 0 Å². The minimum Gasteiger partial charge on any atom is -0.349 e. The highest BCUT2D eigenvalue weighted by Crippen LogP contribution is 2.17. The molecule has 19 heavy (non-hydrogen) atoms. The summed E-state index contributed by atoms with van der Waals surface area (Å²) in [6.45, 7) is 2.73. The van der Waals surface area contributed by atoms with Crippen LogP contribution in [0.5, 0.6) is 0 Å². The zero-order chi connectivity index (χ0) is 13.2. The average molecular weight is 317 g/mol. The maximum atomic E-state index is 4.42. The van der Waals surface area contributed by atoms with Gasteiger partial charge >= 0.3 is 0 Å². The number of pyridine rings is 1. The van der Waals surface area contributed by atoms with Crippen molar-refractivity contribution in [2.24, 2.45) is 0 Å². The van der Waals surface area contributed by atoms with Crippen LogP contribution in [0.4, 0.5) is 5.95 Å². The zero-order valence-corrected chi connectivity index (χ0v) is 12.1. The number of nitrogens with zero attached hydrogens (tertiary/aromatic N) is 3. The van der Waals surface area contributed by atoms with Crippen LogP contribution in [0.25, 0.3) is 5.65 Å². The molecule has 0 saturated carbocycles. The SMILES string of the molecule is Cc1ccc2nc(NCc3ccccc3Br)nn2c1. The summed E-state index contributed by atoms with van der Waals surface area (Å²) in [5.74, 6) is 0.640. The van der Waals surface area contributed by atoms with Crippen molar-refractivity contribution in [1.29, 1.82) is 0 Å². The van der Waals surface area contributed by atoms with Crippen LogP contribution in [0.15, 0.2) is 47.1 Å². The molecule has 0 amide bonds. The van der Waals surface area contributed by atoms with Gasteiger partial charge in [-0.25, -0.2) is 4.52 Å². The van der Waals surface area contributed by atoms with Crippen molar-refractivity contribution in [2.45, 2.75) is 13.5 Å². The molecular formula is C14H13BrN4. The Bertz CT molecular complexity index is 720. The van der Waals surface area contributed by atoms with Crippen molar-refractivity contribution in [2.75, 3.05) is 5.32 Å². The van der Waals surface area contributed by atoms with Crippen molar-refractivity contribution in [3.8, 4) is 0 Å². The first kappa shape index (κ1) is 12.2. The van der Waals surface area contributed by atoms with Gasteiger partial charge in [-0.3, -0.25) is 0 Å². The van der Waals surface area contributed by atoms with Gasteiger partial charge in [0.2, 0.25) is 5.95 Å². The molecule has 0 radical (unpaired) electrons. The van der Waals surface area contributed by atoms with E-state index in [0.717, 1.165) is 15.7 Å². The fourth-order valence-corrected chi connectivity index (χ4v) is 2.30. The molecule has 0 atom stereocenters. The molecule has 2 heterocycles. The molecule has 3 aromatic rings. The minimum atomic E-state index is 0.640. The van der Waals surface area contributed by atoms with E-state index in [9.17, 15) is 0 Å². The van der Waals surface area contributed by atoms with Crippen LogP contribution in [-0.2, 0) is 6.54 Å². The number of nitrogens with one attached hydrogen (secondary N) is 1. The third kappa shape index (κ3) is 2.61. The van der Waals surface area contributed by atoms with E-state index in [1.807, 2.05) is 43.5 Å². The van der Waals surface area contributed by atoms with Crippen LogP contribution in [-0.4, -0.2) is 14.6 Å². The second-order valence-electron chi connectivity index (χ2n) is 4.39. The minimum absolute atomic E-state index is 0.640. The van der Waals surface area contributed by atoms with Gasteiger partial charge < -0.3 is 5.32 Å². The number of fused-ring (bicyclic) bond motifs is 1. The third-order valence-corrected chi connectivity index (χ3v) is 3.65. The maximum Gasteiger partial charge on any atom is 0.243 e. The molecule has 2 aromatic heterocycles.